The van der Waals surface area contributed by atoms with Crippen molar-refractivity contribution in [1.82, 2.24) is 15.0 Å². The minimum atomic E-state index is -1.65. The lowest BCUT2D eigenvalue weighted by atomic mass is 9.89. The maximum Gasteiger partial charge on any atom is 0.125 e. The predicted molar refractivity (Wildman–Crippen MR) is 264 cm³/mol. The van der Waals surface area contributed by atoms with Gasteiger partial charge in [-0.25, -0.2) is 15.0 Å². The number of fused-ring (bicyclic) bond motifs is 1. The fourth-order valence-electron chi connectivity index (χ4n) is 8.35. The van der Waals surface area contributed by atoms with E-state index in [1.807, 2.05) is 0 Å². The van der Waals surface area contributed by atoms with E-state index in [1.165, 1.54) is 48.8 Å². The molecule has 5 heteroatoms. The van der Waals surface area contributed by atoms with Gasteiger partial charge < -0.3 is 0 Å². The molecular weight excluding hydrogens is 775 g/mol. The first kappa shape index (κ1) is 40.1. The topological polar surface area (TPSA) is 38.7 Å². The molecule has 0 aliphatic carbocycles. The molecule has 3 aromatic heterocycles. The highest BCUT2D eigenvalue weighted by Gasteiger charge is 2.22. The highest BCUT2D eigenvalue weighted by Crippen LogP contribution is 2.41. The molecule has 9 rings (SSSR count). The van der Waals surface area contributed by atoms with E-state index in [9.17, 15) is 0 Å². The lowest BCUT2D eigenvalue weighted by molar-refractivity contribution is 0.838. The summed E-state index contributed by atoms with van der Waals surface area (Å²) in [4.78, 5) is 16.0. The summed E-state index contributed by atoms with van der Waals surface area (Å²) >= 11 is 1.78. The summed E-state index contributed by atoms with van der Waals surface area (Å²) < 4.78 is 1.19. The number of rotatable bonds is 10. The van der Waals surface area contributed by atoms with Crippen LogP contribution in [0.15, 0.2) is 170 Å². The van der Waals surface area contributed by atoms with E-state index >= 15 is 0 Å². The Morgan fingerprint density at radius 2 is 0.934 bits per heavy atom. The second kappa shape index (κ2) is 16.6. The average Bonchev–Trinajstić information content (AvgIpc) is 3.72. The van der Waals surface area contributed by atoms with Gasteiger partial charge in [-0.3, -0.25) is 0 Å². The molecular formula is C56H51N3SSi. The van der Waals surface area contributed by atoms with Crippen LogP contribution in [0.2, 0.25) is 19.6 Å². The zero-order valence-electron chi connectivity index (χ0n) is 36.1. The van der Waals surface area contributed by atoms with Crippen molar-refractivity contribution >= 4 is 34.8 Å². The summed E-state index contributed by atoms with van der Waals surface area (Å²) in [5, 5.41) is 2.48. The van der Waals surface area contributed by atoms with Crippen LogP contribution in [-0.2, 0) is 0 Å². The second-order valence-electron chi connectivity index (χ2n) is 17.6. The third-order valence-corrected chi connectivity index (χ3v) is 14.8. The van der Waals surface area contributed by atoms with Crippen LogP contribution in [0.4, 0.5) is 0 Å². The van der Waals surface area contributed by atoms with Crippen LogP contribution in [0.1, 0.15) is 50.7 Å². The SMILES string of the molecule is CC(C)c1cccc(C(C)C)c1-c1nc2cc(-c3cccc(-c4ccc([Si](C)(C)C)cc4-c4cccc(-c5ccc(-c6ccccc6-c6ccccc6)cc5)n4)n3)ccc2s1. The first-order valence-corrected chi connectivity index (χ1v) is 25.7. The molecule has 0 aliphatic heterocycles. The standard InChI is InChI=1S/C56H51N3SSi/c1-36(2)43-20-13-21-44(37(3)4)55(43)56-59-53-34-41(30-33-54(53)60-56)50-23-15-24-51(58-50)47-32-31-42(61(5,6)7)35-48(47)52-25-14-22-49(57-52)40-28-26-39(27-29-40)46-19-12-11-18-45(46)38-16-9-8-10-17-38/h8-37H,1-7H3. The minimum Gasteiger partial charge on any atom is -0.248 e. The van der Waals surface area contributed by atoms with Crippen molar-refractivity contribution in [3.8, 4) is 77.9 Å². The Labute approximate surface area is 365 Å². The van der Waals surface area contributed by atoms with E-state index in [2.05, 4.69) is 217 Å². The van der Waals surface area contributed by atoms with Gasteiger partial charge in [0.15, 0.2) is 0 Å². The van der Waals surface area contributed by atoms with Crippen molar-refractivity contribution in [2.24, 2.45) is 0 Å². The van der Waals surface area contributed by atoms with Gasteiger partial charge in [-0.1, -0.05) is 186 Å². The Kier molecular flexibility index (Phi) is 11.0. The van der Waals surface area contributed by atoms with Crippen molar-refractivity contribution in [2.75, 3.05) is 0 Å². The number of nitrogens with zero attached hydrogens (tertiary/aromatic N) is 3. The summed E-state index contributed by atoms with van der Waals surface area (Å²) in [5.41, 5.74) is 17.9. The molecule has 0 bridgehead atoms. The number of benzene rings is 6. The van der Waals surface area contributed by atoms with Crippen molar-refractivity contribution < 1.29 is 0 Å². The van der Waals surface area contributed by atoms with Gasteiger partial charge in [0.2, 0.25) is 0 Å². The van der Waals surface area contributed by atoms with Gasteiger partial charge in [0.1, 0.15) is 5.01 Å². The summed E-state index contributed by atoms with van der Waals surface area (Å²) in [6.45, 7) is 16.3. The Balaban J connectivity index is 1.07. The highest BCUT2D eigenvalue weighted by molar-refractivity contribution is 7.21. The quantitative estimate of drug-likeness (QED) is 0.129. The molecule has 61 heavy (non-hydrogen) atoms. The average molecular weight is 826 g/mol. The lowest BCUT2D eigenvalue weighted by Crippen LogP contribution is -2.37. The van der Waals surface area contributed by atoms with Gasteiger partial charge in [0.05, 0.1) is 41.1 Å². The number of thiazole rings is 1. The Bertz CT molecular complexity index is 2980. The molecule has 0 amide bonds. The smallest absolute Gasteiger partial charge is 0.125 e. The van der Waals surface area contributed by atoms with Crippen LogP contribution < -0.4 is 5.19 Å². The molecule has 9 aromatic rings. The van der Waals surface area contributed by atoms with E-state index < -0.39 is 8.07 Å². The van der Waals surface area contributed by atoms with Gasteiger partial charge in [-0.2, -0.15) is 0 Å². The van der Waals surface area contributed by atoms with Crippen molar-refractivity contribution in [3.05, 3.63) is 181 Å². The van der Waals surface area contributed by atoms with Gasteiger partial charge in [0, 0.05) is 27.8 Å². The van der Waals surface area contributed by atoms with E-state index in [1.54, 1.807) is 11.3 Å². The Hall–Kier alpha value is -6.27. The Morgan fingerprint density at radius 3 is 1.56 bits per heavy atom. The maximum absolute atomic E-state index is 5.35. The monoisotopic (exact) mass is 825 g/mol. The van der Waals surface area contributed by atoms with Gasteiger partial charge in [-0.15, -0.1) is 11.3 Å². The first-order valence-electron chi connectivity index (χ1n) is 21.4. The van der Waals surface area contributed by atoms with E-state index in [-0.39, 0.29) is 0 Å². The normalized spacial score (nSPS) is 11.8. The van der Waals surface area contributed by atoms with Gasteiger partial charge in [0.25, 0.3) is 0 Å². The molecule has 0 unspecified atom stereocenters. The van der Waals surface area contributed by atoms with Crippen LogP contribution in [0.25, 0.3) is 88.1 Å². The zero-order chi connectivity index (χ0) is 42.3. The lowest BCUT2D eigenvalue weighted by Gasteiger charge is -2.20. The van der Waals surface area contributed by atoms with Gasteiger partial charge in [-0.05, 0) is 81.6 Å². The molecule has 3 heterocycles. The summed E-state index contributed by atoms with van der Waals surface area (Å²) in [7, 11) is -1.65. The fraction of sp³-hybridized carbons (Fsp3) is 0.161. The van der Waals surface area contributed by atoms with Crippen LogP contribution in [0.3, 0.4) is 0 Å². The van der Waals surface area contributed by atoms with Crippen molar-refractivity contribution in [3.63, 3.8) is 0 Å². The fourth-order valence-corrected chi connectivity index (χ4v) is 10.5. The molecule has 0 fully saturated rings. The molecule has 0 aliphatic rings. The number of hydrogen-bond acceptors (Lipinski definition) is 4. The van der Waals surface area contributed by atoms with Crippen molar-refractivity contribution in [2.45, 2.75) is 59.2 Å². The van der Waals surface area contributed by atoms with Crippen LogP contribution in [-0.4, -0.2) is 23.0 Å². The molecule has 0 N–H and O–H groups in total. The van der Waals surface area contributed by atoms with E-state index in [4.69, 9.17) is 15.0 Å². The van der Waals surface area contributed by atoms with Gasteiger partial charge >= 0.3 is 0 Å². The zero-order valence-corrected chi connectivity index (χ0v) is 37.9. The third kappa shape index (κ3) is 8.16. The molecule has 0 radical (unpaired) electrons. The molecule has 300 valence electrons. The molecule has 0 atom stereocenters. The summed E-state index contributed by atoms with van der Waals surface area (Å²) in [6.07, 6.45) is 0. The second-order valence-corrected chi connectivity index (χ2v) is 23.7. The summed E-state index contributed by atoms with van der Waals surface area (Å²) in [6, 6.07) is 61.1. The molecule has 0 spiro atoms. The highest BCUT2D eigenvalue weighted by atomic mass is 32.1. The van der Waals surface area contributed by atoms with E-state index in [0.717, 1.165) is 55.6 Å². The van der Waals surface area contributed by atoms with Crippen LogP contribution in [0.5, 0.6) is 0 Å². The molecule has 6 aromatic carbocycles. The minimum absolute atomic E-state index is 0.409. The number of hydrogen-bond donors (Lipinski definition) is 0. The summed E-state index contributed by atoms with van der Waals surface area (Å²) in [5.74, 6) is 0.817. The number of aromatic nitrogens is 3. The first-order chi connectivity index (χ1) is 29.5. The maximum atomic E-state index is 5.35. The van der Waals surface area contributed by atoms with E-state index in [0.29, 0.717) is 11.8 Å². The predicted octanol–water partition coefficient (Wildman–Crippen LogP) is 15.5. The van der Waals surface area contributed by atoms with Crippen molar-refractivity contribution in [1.29, 1.82) is 0 Å². The van der Waals surface area contributed by atoms with Crippen LogP contribution in [0, 0.1) is 0 Å². The molecule has 3 nitrogen and oxygen atoms in total. The van der Waals surface area contributed by atoms with Crippen LogP contribution >= 0.6 is 11.3 Å². The Morgan fingerprint density at radius 1 is 0.410 bits per heavy atom. The molecule has 0 saturated heterocycles. The molecule has 0 saturated carbocycles. The third-order valence-electron chi connectivity index (χ3n) is 11.7. The largest absolute Gasteiger partial charge is 0.248 e. The number of pyridine rings is 2.